The first-order valence-electron chi connectivity index (χ1n) is 6.42. The zero-order chi connectivity index (χ0) is 14.0. The van der Waals surface area contributed by atoms with Gasteiger partial charge >= 0.3 is 0 Å². The molecular formula is C14H17F2NOS. The topological polar surface area (TPSA) is 29.1 Å². The third kappa shape index (κ3) is 3.08. The minimum absolute atomic E-state index is 0.0402. The van der Waals surface area contributed by atoms with Crippen LogP contribution in [-0.2, 0) is 4.79 Å². The molecular weight excluding hydrogens is 268 g/mol. The number of hydrogen-bond donors (Lipinski definition) is 2. The largest absolute Gasteiger partial charge is 0.322 e. The van der Waals surface area contributed by atoms with Gasteiger partial charge < -0.3 is 5.32 Å². The number of carbonyl (C=O) groups excluding carboxylic acids is 1. The number of halogens is 2. The molecule has 0 aliphatic heterocycles. The van der Waals surface area contributed by atoms with Gasteiger partial charge in [0.05, 0.1) is 5.69 Å². The van der Waals surface area contributed by atoms with Crippen LogP contribution in [0.25, 0.3) is 0 Å². The van der Waals surface area contributed by atoms with Gasteiger partial charge in [-0.25, -0.2) is 8.78 Å². The summed E-state index contributed by atoms with van der Waals surface area (Å²) in [6.07, 6.45) is 4.73. The Kier molecular flexibility index (Phi) is 4.13. The van der Waals surface area contributed by atoms with Crippen LogP contribution >= 0.6 is 12.6 Å². The standard InChI is InChI=1S/C14H17F2NOS/c1-14(5-3-2-4-6-14)13(18)17-12-10(16)7-9(15)8-11(12)19/h7-8,19H,2-6H2,1H3,(H,17,18). The number of nitrogens with one attached hydrogen (secondary N) is 1. The molecule has 0 saturated heterocycles. The predicted molar refractivity (Wildman–Crippen MR) is 73.4 cm³/mol. The van der Waals surface area contributed by atoms with Crippen molar-refractivity contribution in [3.8, 4) is 0 Å². The van der Waals surface area contributed by atoms with Gasteiger partial charge in [-0.1, -0.05) is 26.2 Å². The fraction of sp³-hybridized carbons (Fsp3) is 0.500. The van der Waals surface area contributed by atoms with Crippen molar-refractivity contribution < 1.29 is 13.6 Å². The van der Waals surface area contributed by atoms with Crippen LogP contribution in [0.4, 0.5) is 14.5 Å². The van der Waals surface area contributed by atoms with E-state index in [-0.39, 0.29) is 16.5 Å². The number of benzene rings is 1. The van der Waals surface area contributed by atoms with E-state index in [1.807, 2.05) is 6.92 Å². The maximum Gasteiger partial charge on any atom is 0.230 e. The van der Waals surface area contributed by atoms with Crippen molar-refractivity contribution in [2.24, 2.45) is 5.41 Å². The molecule has 1 saturated carbocycles. The molecule has 1 aliphatic carbocycles. The summed E-state index contributed by atoms with van der Waals surface area (Å²) in [5, 5.41) is 2.56. The Morgan fingerprint density at radius 3 is 2.47 bits per heavy atom. The third-order valence-electron chi connectivity index (χ3n) is 3.78. The molecule has 2 nitrogen and oxygen atoms in total. The molecule has 19 heavy (non-hydrogen) atoms. The Labute approximate surface area is 117 Å². The van der Waals surface area contributed by atoms with E-state index in [0.29, 0.717) is 0 Å². The number of hydrogen-bond acceptors (Lipinski definition) is 2. The maximum absolute atomic E-state index is 13.7. The van der Waals surface area contributed by atoms with E-state index >= 15 is 0 Å². The molecule has 5 heteroatoms. The molecule has 0 bridgehead atoms. The third-order valence-corrected chi connectivity index (χ3v) is 4.13. The van der Waals surface area contributed by atoms with Crippen LogP contribution in [0.1, 0.15) is 39.0 Å². The van der Waals surface area contributed by atoms with Crippen molar-refractivity contribution in [1.82, 2.24) is 0 Å². The summed E-state index contributed by atoms with van der Waals surface area (Å²) in [6, 6.07) is 1.84. The van der Waals surface area contributed by atoms with Crippen LogP contribution in [0.3, 0.4) is 0 Å². The lowest BCUT2D eigenvalue weighted by Crippen LogP contribution is -2.35. The van der Waals surface area contributed by atoms with Crippen molar-refractivity contribution in [3.05, 3.63) is 23.8 Å². The second kappa shape index (κ2) is 5.49. The fourth-order valence-electron chi connectivity index (χ4n) is 2.51. The lowest BCUT2D eigenvalue weighted by atomic mass is 9.75. The second-order valence-electron chi connectivity index (χ2n) is 5.36. The van der Waals surface area contributed by atoms with Gasteiger partial charge in [0.1, 0.15) is 5.82 Å². The SMILES string of the molecule is CC1(C(=O)Nc2c(F)cc(F)cc2S)CCCCC1. The van der Waals surface area contributed by atoms with Crippen LogP contribution in [0.15, 0.2) is 17.0 Å². The molecule has 1 N–H and O–H groups in total. The minimum atomic E-state index is -0.794. The summed E-state index contributed by atoms with van der Waals surface area (Å²) < 4.78 is 26.6. The van der Waals surface area contributed by atoms with Crippen molar-refractivity contribution >= 4 is 24.2 Å². The van der Waals surface area contributed by atoms with Gasteiger partial charge in [0.15, 0.2) is 5.82 Å². The van der Waals surface area contributed by atoms with Gasteiger partial charge in [0, 0.05) is 16.4 Å². The van der Waals surface area contributed by atoms with Crippen LogP contribution < -0.4 is 5.32 Å². The first kappa shape index (κ1) is 14.3. The van der Waals surface area contributed by atoms with Crippen LogP contribution in [-0.4, -0.2) is 5.91 Å². The van der Waals surface area contributed by atoms with Gasteiger partial charge in [-0.05, 0) is 18.9 Å². The smallest absolute Gasteiger partial charge is 0.230 e. The number of rotatable bonds is 2. The number of anilines is 1. The molecule has 1 aromatic rings. The van der Waals surface area contributed by atoms with Gasteiger partial charge in [0.2, 0.25) is 5.91 Å². The van der Waals surface area contributed by atoms with E-state index in [1.54, 1.807) is 0 Å². The first-order valence-corrected chi connectivity index (χ1v) is 6.86. The summed E-state index contributed by atoms with van der Waals surface area (Å²) in [6.45, 7) is 1.89. The molecule has 1 aromatic carbocycles. The minimum Gasteiger partial charge on any atom is -0.322 e. The van der Waals surface area contributed by atoms with Gasteiger partial charge in [-0.3, -0.25) is 4.79 Å². The fourth-order valence-corrected chi connectivity index (χ4v) is 2.79. The predicted octanol–water partition coefficient (Wildman–Crippen LogP) is 4.16. The highest BCUT2D eigenvalue weighted by atomic mass is 32.1. The Balaban J connectivity index is 2.19. The summed E-state index contributed by atoms with van der Waals surface area (Å²) in [5.74, 6) is -1.71. The van der Waals surface area contributed by atoms with Crippen LogP contribution in [0.5, 0.6) is 0 Å². The summed E-state index contributed by atoms with van der Waals surface area (Å²) in [5.41, 5.74) is -0.513. The lowest BCUT2D eigenvalue weighted by Gasteiger charge is -2.32. The molecule has 0 atom stereocenters. The van der Waals surface area contributed by atoms with Gasteiger partial charge in [-0.2, -0.15) is 0 Å². The number of thiol groups is 1. The molecule has 0 aromatic heterocycles. The van der Waals surface area contributed by atoms with Gasteiger partial charge in [-0.15, -0.1) is 12.6 Å². The van der Waals surface area contributed by atoms with Crippen LogP contribution in [0.2, 0.25) is 0 Å². The van der Waals surface area contributed by atoms with E-state index < -0.39 is 17.0 Å². The van der Waals surface area contributed by atoms with Crippen molar-refractivity contribution in [2.75, 3.05) is 5.32 Å². The number of carbonyl (C=O) groups is 1. The quantitative estimate of drug-likeness (QED) is 0.785. The van der Waals surface area contributed by atoms with Gasteiger partial charge in [0.25, 0.3) is 0 Å². The normalized spacial score (nSPS) is 18.1. The number of amides is 1. The molecule has 1 amide bonds. The van der Waals surface area contributed by atoms with Crippen LogP contribution in [0, 0.1) is 17.0 Å². The van der Waals surface area contributed by atoms with Crippen molar-refractivity contribution in [1.29, 1.82) is 0 Å². The van der Waals surface area contributed by atoms with E-state index in [9.17, 15) is 13.6 Å². The average Bonchev–Trinajstić information content (AvgIpc) is 2.34. The van der Waals surface area contributed by atoms with Crippen molar-refractivity contribution in [3.63, 3.8) is 0 Å². The summed E-state index contributed by atoms with van der Waals surface area (Å²) >= 11 is 4.01. The highest BCUT2D eigenvalue weighted by Gasteiger charge is 2.35. The highest BCUT2D eigenvalue weighted by molar-refractivity contribution is 7.80. The molecule has 0 radical (unpaired) electrons. The zero-order valence-corrected chi connectivity index (χ0v) is 11.7. The maximum atomic E-state index is 13.7. The molecule has 1 aliphatic rings. The molecule has 0 unspecified atom stereocenters. The lowest BCUT2D eigenvalue weighted by molar-refractivity contribution is -0.126. The zero-order valence-electron chi connectivity index (χ0n) is 10.8. The second-order valence-corrected chi connectivity index (χ2v) is 5.84. The Morgan fingerprint density at radius 1 is 1.26 bits per heavy atom. The van der Waals surface area contributed by atoms with E-state index in [2.05, 4.69) is 17.9 Å². The van der Waals surface area contributed by atoms with E-state index in [4.69, 9.17) is 0 Å². The molecule has 0 spiro atoms. The molecule has 1 fully saturated rings. The molecule has 0 heterocycles. The molecule has 2 rings (SSSR count). The van der Waals surface area contributed by atoms with Crippen molar-refractivity contribution in [2.45, 2.75) is 43.9 Å². The monoisotopic (exact) mass is 285 g/mol. The highest BCUT2D eigenvalue weighted by Crippen LogP contribution is 2.37. The summed E-state index contributed by atoms with van der Waals surface area (Å²) in [7, 11) is 0. The summed E-state index contributed by atoms with van der Waals surface area (Å²) in [4.78, 5) is 12.4. The Hall–Kier alpha value is -1.10. The van der Waals surface area contributed by atoms with E-state index in [0.717, 1.165) is 44.2 Å². The first-order chi connectivity index (χ1) is 8.92. The molecule has 104 valence electrons. The Morgan fingerprint density at radius 2 is 1.89 bits per heavy atom. The Bertz CT molecular complexity index is 475. The average molecular weight is 285 g/mol. The van der Waals surface area contributed by atoms with E-state index in [1.165, 1.54) is 0 Å².